The number of halogens is 1. The van der Waals surface area contributed by atoms with Gasteiger partial charge < -0.3 is 4.90 Å². The Labute approximate surface area is 95.9 Å². The number of rotatable bonds is 8. The lowest BCUT2D eigenvalue weighted by Gasteiger charge is -2.17. The monoisotopic (exact) mass is 285 g/mol. The van der Waals surface area contributed by atoms with Crippen LogP contribution in [-0.4, -0.2) is 49.8 Å². The summed E-state index contributed by atoms with van der Waals surface area (Å²) in [5, 5.41) is 0.761. The van der Waals surface area contributed by atoms with Crippen LogP contribution in [0.3, 0.4) is 0 Å². The number of alkyl halides is 1. The molecular weight excluding hydrogens is 266 g/mol. The average molecular weight is 286 g/mol. The Morgan fingerprint density at radius 3 is 2.14 bits per heavy atom. The minimum atomic E-state index is -2.83. The van der Waals surface area contributed by atoms with Gasteiger partial charge in [-0.1, -0.05) is 29.8 Å². The first-order chi connectivity index (χ1) is 6.55. The molecule has 0 aromatic rings. The van der Waals surface area contributed by atoms with E-state index in [-0.39, 0.29) is 0 Å². The van der Waals surface area contributed by atoms with E-state index in [1.54, 1.807) is 0 Å². The fourth-order valence-corrected chi connectivity index (χ4v) is 3.16. The van der Waals surface area contributed by atoms with Gasteiger partial charge in [-0.3, -0.25) is 0 Å². The molecule has 0 aromatic carbocycles. The molecule has 14 heavy (non-hydrogen) atoms. The lowest BCUT2D eigenvalue weighted by Crippen LogP contribution is -2.29. The van der Waals surface area contributed by atoms with Crippen LogP contribution in [0.2, 0.25) is 0 Å². The molecule has 0 radical (unpaired) electrons. The molecule has 0 spiro atoms. The van der Waals surface area contributed by atoms with Crippen molar-refractivity contribution in [3.05, 3.63) is 0 Å². The summed E-state index contributed by atoms with van der Waals surface area (Å²) < 4.78 is 23.0. The molecule has 0 N–H and O–H groups in total. The lowest BCUT2D eigenvalue weighted by atomic mass is 10.5. The van der Waals surface area contributed by atoms with Crippen LogP contribution in [0.5, 0.6) is 0 Å². The molecule has 86 valence electrons. The molecule has 0 atom stereocenters. The molecule has 5 heteroatoms. The molecule has 0 bridgehead atoms. The Morgan fingerprint density at radius 2 is 1.71 bits per heavy atom. The van der Waals surface area contributed by atoms with Crippen molar-refractivity contribution in [1.29, 1.82) is 0 Å². The van der Waals surface area contributed by atoms with Crippen molar-refractivity contribution in [3.63, 3.8) is 0 Å². The van der Waals surface area contributed by atoms with E-state index in [0.717, 1.165) is 18.4 Å². The topological polar surface area (TPSA) is 37.4 Å². The summed E-state index contributed by atoms with van der Waals surface area (Å²) in [6.45, 7) is 6.61. The number of nitrogens with zero attached hydrogens (tertiary/aromatic N) is 1. The summed E-state index contributed by atoms with van der Waals surface area (Å²) in [7, 11) is -2.83. The molecule has 0 fully saturated rings. The molecule has 0 rings (SSSR count). The van der Waals surface area contributed by atoms with Gasteiger partial charge in [-0.25, -0.2) is 8.42 Å². The van der Waals surface area contributed by atoms with E-state index in [1.165, 1.54) is 0 Å². The second-order valence-electron chi connectivity index (χ2n) is 3.22. The third-order valence-corrected chi connectivity index (χ3v) is 4.48. The number of hydrogen-bond donors (Lipinski definition) is 0. The second-order valence-corrected chi connectivity index (χ2v) is 6.32. The smallest absolute Gasteiger partial charge is 0.151 e. The highest BCUT2D eigenvalue weighted by Gasteiger charge is 2.11. The molecule has 0 unspecified atom stereocenters. The van der Waals surface area contributed by atoms with E-state index < -0.39 is 9.84 Å². The van der Waals surface area contributed by atoms with Crippen LogP contribution in [0.25, 0.3) is 0 Å². The zero-order valence-corrected chi connectivity index (χ0v) is 11.4. The largest absolute Gasteiger partial charge is 0.303 e. The van der Waals surface area contributed by atoms with Crippen LogP contribution in [0.1, 0.15) is 20.3 Å². The minimum Gasteiger partial charge on any atom is -0.303 e. The van der Waals surface area contributed by atoms with Gasteiger partial charge in [-0.2, -0.15) is 0 Å². The van der Waals surface area contributed by atoms with Crippen molar-refractivity contribution in [1.82, 2.24) is 4.90 Å². The Kier molecular flexibility index (Phi) is 7.86. The van der Waals surface area contributed by atoms with E-state index in [0.29, 0.717) is 24.5 Å². The second kappa shape index (κ2) is 7.65. The van der Waals surface area contributed by atoms with E-state index in [1.807, 2.05) is 0 Å². The van der Waals surface area contributed by atoms with Gasteiger partial charge in [0.05, 0.1) is 11.5 Å². The molecule has 0 heterocycles. The van der Waals surface area contributed by atoms with Gasteiger partial charge >= 0.3 is 0 Å². The first-order valence-corrected chi connectivity index (χ1v) is 7.98. The third-order valence-electron chi connectivity index (χ3n) is 2.20. The van der Waals surface area contributed by atoms with Crippen molar-refractivity contribution in [3.8, 4) is 0 Å². The van der Waals surface area contributed by atoms with Gasteiger partial charge in [0.2, 0.25) is 0 Å². The van der Waals surface area contributed by atoms with Gasteiger partial charge in [0.25, 0.3) is 0 Å². The van der Waals surface area contributed by atoms with Crippen molar-refractivity contribution in [2.75, 3.05) is 36.5 Å². The van der Waals surface area contributed by atoms with Gasteiger partial charge in [-0.15, -0.1) is 0 Å². The molecule has 0 aromatic heterocycles. The summed E-state index contributed by atoms with van der Waals surface area (Å²) in [6.07, 6.45) is 0.709. The summed E-state index contributed by atoms with van der Waals surface area (Å²) in [5.41, 5.74) is 0. The Balaban J connectivity index is 3.86. The lowest BCUT2D eigenvalue weighted by molar-refractivity contribution is 0.321. The Morgan fingerprint density at radius 1 is 1.14 bits per heavy atom. The van der Waals surface area contributed by atoms with Crippen LogP contribution in [-0.2, 0) is 9.84 Å². The van der Waals surface area contributed by atoms with E-state index in [2.05, 4.69) is 34.7 Å². The zero-order chi connectivity index (χ0) is 11.0. The molecule has 3 nitrogen and oxygen atoms in total. The fraction of sp³-hybridized carbons (Fsp3) is 1.00. The van der Waals surface area contributed by atoms with E-state index in [9.17, 15) is 8.42 Å². The average Bonchev–Trinajstić information content (AvgIpc) is 2.16. The SMILES string of the molecule is CCN(CC)CCS(=O)(=O)CCCBr. The van der Waals surface area contributed by atoms with Crippen LogP contribution in [0.15, 0.2) is 0 Å². The molecule has 0 aliphatic rings. The van der Waals surface area contributed by atoms with Crippen LogP contribution < -0.4 is 0 Å². The Bertz CT molecular complexity index is 225. The molecular formula is C9H20BrNO2S. The minimum absolute atomic E-state index is 0.293. The van der Waals surface area contributed by atoms with Crippen molar-refractivity contribution >= 4 is 25.8 Å². The third kappa shape index (κ3) is 6.79. The first-order valence-electron chi connectivity index (χ1n) is 5.04. The standard InChI is InChI=1S/C9H20BrNO2S/c1-3-11(4-2)7-9-14(12,13)8-5-6-10/h3-9H2,1-2H3. The molecule has 0 amide bonds. The maximum absolute atomic E-state index is 11.5. The quantitative estimate of drug-likeness (QED) is 0.635. The summed E-state index contributed by atoms with van der Waals surface area (Å²) in [5.74, 6) is 0.598. The number of sulfone groups is 1. The number of hydrogen-bond acceptors (Lipinski definition) is 3. The van der Waals surface area contributed by atoms with Crippen molar-refractivity contribution in [2.45, 2.75) is 20.3 Å². The fourth-order valence-electron chi connectivity index (χ4n) is 1.18. The van der Waals surface area contributed by atoms with Gasteiger partial charge in [-0.05, 0) is 19.5 Å². The summed E-state index contributed by atoms with van der Waals surface area (Å²) in [4.78, 5) is 2.13. The summed E-state index contributed by atoms with van der Waals surface area (Å²) in [6, 6.07) is 0. The molecule has 0 saturated carbocycles. The Hall–Kier alpha value is 0.390. The van der Waals surface area contributed by atoms with Crippen molar-refractivity contribution < 1.29 is 8.42 Å². The van der Waals surface area contributed by atoms with Crippen molar-refractivity contribution in [2.24, 2.45) is 0 Å². The van der Waals surface area contributed by atoms with Gasteiger partial charge in [0.1, 0.15) is 0 Å². The predicted octanol–water partition coefficient (Wildman–Crippen LogP) is 1.53. The highest BCUT2D eigenvalue weighted by atomic mass is 79.9. The zero-order valence-electron chi connectivity index (χ0n) is 9.00. The van der Waals surface area contributed by atoms with Crippen LogP contribution in [0, 0.1) is 0 Å². The van der Waals surface area contributed by atoms with E-state index >= 15 is 0 Å². The highest BCUT2D eigenvalue weighted by Crippen LogP contribution is 1.98. The maximum Gasteiger partial charge on any atom is 0.151 e. The molecule has 0 aliphatic heterocycles. The van der Waals surface area contributed by atoms with Crippen LogP contribution >= 0.6 is 15.9 Å². The van der Waals surface area contributed by atoms with Crippen LogP contribution in [0.4, 0.5) is 0 Å². The summed E-state index contributed by atoms with van der Waals surface area (Å²) >= 11 is 3.23. The normalized spacial score (nSPS) is 12.3. The highest BCUT2D eigenvalue weighted by molar-refractivity contribution is 9.09. The van der Waals surface area contributed by atoms with E-state index in [4.69, 9.17) is 0 Å². The first kappa shape index (κ1) is 14.4. The van der Waals surface area contributed by atoms with Gasteiger partial charge in [0.15, 0.2) is 9.84 Å². The molecule has 0 aliphatic carbocycles. The maximum atomic E-state index is 11.5. The predicted molar refractivity (Wildman–Crippen MR) is 64.9 cm³/mol. The molecule has 0 saturated heterocycles. The van der Waals surface area contributed by atoms with Gasteiger partial charge in [0, 0.05) is 11.9 Å².